The van der Waals surface area contributed by atoms with E-state index in [0.717, 1.165) is 5.69 Å². The Hall–Kier alpha value is -1.56. The number of oxazole rings is 1. The summed E-state index contributed by atoms with van der Waals surface area (Å²) in [6.45, 7) is 1.85. The maximum atomic E-state index is 5.61. The van der Waals surface area contributed by atoms with Gasteiger partial charge in [0.05, 0.1) is 5.69 Å². The van der Waals surface area contributed by atoms with Crippen molar-refractivity contribution in [2.45, 2.75) is 17.2 Å². The summed E-state index contributed by atoms with van der Waals surface area (Å²) in [6.07, 6.45) is 4.70. The monoisotopic (exact) mass is 208 g/mol. The first kappa shape index (κ1) is 9.01. The summed E-state index contributed by atoms with van der Waals surface area (Å²) in [4.78, 5) is 12.1. The molecule has 0 bridgehead atoms. The van der Waals surface area contributed by atoms with Crippen molar-refractivity contribution in [2.75, 3.05) is 5.73 Å². The van der Waals surface area contributed by atoms with Gasteiger partial charge in [-0.25, -0.2) is 15.0 Å². The van der Waals surface area contributed by atoms with Crippen LogP contribution >= 0.6 is 11.8 Å². The van der Waals surface area contributed by atoms with Gasteiger partial charge in [-0.15, -0.1) is 0 Å². The van der Waals surface area contributed by atoms with Gasteiger partial charge in [-0.1, -0.05) is 0 Å². The van der Waals surface area contributed by atoms with Crippen LogP contribution in [0.3, 0.4) is 0 Å². The SMILES string of the molecule is Cc1coc(Sc2nccnc2N)n1. The molecule has 72 valence electrons. The Morgan fingerprint density at radius 1 is 1.36 bits per heavy atom. The van der Waals surface area contributed by atoms with Crippen LogP contribution in [0.2, 0.25) is 0 Å². The van der Waals surface area contributed by atoms with E-state index in [4.69, 9.17) is 10.2 Å². The zero-order valence-corrected chi connectivity index (χ0v) is 8.28. The normalized spacial score (nSPS) is 10.4. The minimum Gasteiger partial charge on any atom is -0.439 e. The highest BCUT2D eigenvalue weighted by Crippen LogP contribution is 2.27. The average Bonchev–Trinajstić information content (AvgIpc) is 2.56. The van der Waals surface area contributed by atoms with Gasteiger partial charge in [-0.2, -0.15) is 0 Å². The lowest BCUT2D eigenvalue weighted by molar-refractivity contribution is 0.454. The van der Waals surface area contributed by atoms with Crippen molar-refractivity contribution in [3.63, 3.8) is 0 Å². The second kappa shape index (κ2) is 3.67. The Balaban J connectivity index is 2.23. The maximum absolute atomic E-state index is 5.61. The number of hydrogen-bond acceptors (Lipinski definition) is 6. The van der Waals surface area contributed by atoms with Crippen LogP contribution in [0.5, 0.6) is 0 Å². The number of aromatic nitrogens is 3. The van der Waals surface area contributed by atoms with Crippen molar-refractivity contribution < 1.29 is 4.42 Å². The molecule has 0 atom stereocenters. The summed E-state index contributed by atoms with van der Waals surface area (Å²) in [5, 5.41) is 1.13. The fourth-order valence-corrected chi connectivity index (χ4v) is 1.60. The lowest BCUT2D eigenvalue weighted by atomic mass is 10.6. The Labute approximate surface area is 84.8 Å². The van der Waals surface area contributed by atoms with Gasteiger partial charge < -0.3 is 10.2 Å². The van der Waals surface area contributed by atoms with E-state index >= 15 is 0 Å². The van der Waals surface area contributed by atoms with E-state index in [1.54, 1.807) is 18.7 Å². The van der Waals surface area contributed by atoms with Crippen molar-refractivity contribution in [2.24, 2.45) is 0 Å². The third-order valence-corrected chi connectivity index (χ3v) is 2.34. The van der Waals surface area contributed by atoms with E-state index in [0.29, 0.717) is 16.1 Å². The number of hydrogen-bond donors (Lipinski definition) is 1. The molecule has 2 aromatic rings. The van der Waals surface area contributed by atoms with Gasteiger partial charge in [0.2, 0.25) is 0 Å². The first-order valence-electron chi connectivity index (χ1n) is 3.92. The van der Waals surface area contributed by atoms with E-state index in [1.807, 2.05) is 6.92 Å². The van der Waals surface area contributed by atoms with Crippen molar-refractivity contribution in [3.8, 4) is 0 Å². The molecule has 5 nitrogen and oxygen atoms in total. The molecular weight excluding hydrogens is 200 g/mol. The minimum atomic E-state index is 0.383. The summed E-state index contributed by atoms with van der Waals surface area (Å²) in [6, 6.07) is 0. The molecule has 2 rings (SSSR count). The van der Waals surface area contributed by atoms with Gasteiger partial charge in [0.15, 0.2) is 5.82 Å². The molecule has 0 fully saturated rings. The molecule has 2 aromatic heterocycles. The smallest absolute Gasteiger partial charge is 0.262 e. The predicted molar refractivity (Wildman–Crippen MR) is 51.8 cm³/mol. The second-order valence-electron chi connectivity index (χ2n) is 2.60. The van der Waals surface area contributed by atoms with Crippen molar-refractivity contribution >= 4 is 17.6 Å². The van der Waals surface area contributed by atoms with E-state index in [9.17, 15) is 0 Å². The van der Waals surface area contributed by atoms with Gasteiger partial charge in [0.25, 0.3) is 5.22 Å². The van der Waals surface area contributed by atoms with Crippen LogP contribution in [-0.2, 0) is 0 Å². The van der Waals surface area contributed by atoms with E-state index < -0.39 is 0 Å². The number of nitrogens with zero attached hydrogens (tertiary/aromatic N) is 3. The molecule has 2 N–H and O–H groups in total. The number of aryl methyl sites for hydroxylation is 1. The summed E-state index contributed by atoms with van der Waals surface area (Å²) < 4.78 is 5.15. The quantitative estimate of drug-likeness (QED) is 0.805. The molecule has 0 amide bonds. The molecule has 0 aliphatic rings. The number of anilines is 1. The van der Waals surface area contributed by atoms with Gasteiger partial charge in [0, 0.05) is 12.4 Å². The van der Waals surface area contributed by atoms with E-state index in [2.05, 4.69) is 15.0 Å². The number of rotatable bonds is 2. The zero-order chi connectivity index (χ0) is 9.97. The minimum absolute atomic E-state index is 0.383. The third kappa shape index (κ3) is 1.85. The molecule has 0 unspecified atom stereocenters. The highest BCUT2D eigenvalue weighted by Gasteiger charge is 2.07. The lowest BCUT2D eigenvalue weighted by Crippen LogP contribution is -1.94. The molecule has 0 aliphatic heterocycles. The van der Waals surface area contributed by atoms with E-state index in [-0.39, 0.29) is 0 Å². The summed E-state index contributed by atoms with van der Waals surface area (Å²) in [7, 11) is 0. The molecule has 0 saturated carbocycles. The number of nitrogens with two attached hydrogens (primary N) is 1. The molecule has 2 heterocycles. The summed E-state index contributed by atoms with van der Waals surface area (Å²) >= 11 is 1.26. The van der Waals surface area contributed by atoms with Crippen LogP contribution in [0.25, 0.3) is 0 Å². The largest absolute Gasteiger partial charge is 0.439 e. The summed E-state index contributed by atoms with van der Waals surface area (Å²) in [5.41, 5.74) is 6.44. The maximum Gasteiger partial charge on any atom is 0.262 e. The first-order chi connectivity index (χ1) is 6.75. The van der Waals surface area contributed by atoms with Crippen LogP contribution in [0.15, 0.2) is 33.3 Å². The van der Waals surface area contributed by atoms with Crippen LogP contribution < -0.4 is 5.73 Å². The zero-order valence-electron chi connectivity index (χ0n) is 7.47. The Kier molecular flexibility index (Phi) is 2.36. The van der Waals surface area contributed by atoms with Crippen molar-refractivity contribution in [3.05, 3.63) is 24.4 Å². The van der Waals surface area contributed by atoms with Gasteiger partial charge in [-0.05, 0) is 18.7 Å². The van der Waals surface area contributed by atoms with Crippen molar-refractivity contribution in [1.82, 2.24) is 15.0 Å². The lowest BCUT2D eigenvalue weighted by Gasteiger charge is -1.97. The number of nitrogen functional groups attached to an aromatic ring is 1. The summed E-state index contributed by atoms with van der Waals surface area (Å²) in [5.74, 6) is 0.383. The molecule has 0 saturated heterocycles. The van der Waals surface area contributed by atoms with Crippen LogP contribution in [-0.4, -0.2) is 15.0 Å². The fraction of sp³-hybridized carbons (Fsp3) is 0.125. The van der Waals surface area contributed by atoms with Crippen LogP contribution in [0, 0.1) is 6.92 Å². The molecule has 0 aromatic carbocycles. The van der Waals surface area contributed by atoms with Crippen LogP contribution in [0.4, 0.5) is 5.82 Å². The van der Waals surface area contributed by atoms with Crippen LogP contribution in [0.1, 0.15) is 5.69 Å². The highest BCUT2D eigenvalue weighted by atomic mass is 32.2. The molecule has 0 spiro atoms. The predicted octanol–water partition coefficient (Wildman–Crippen LogP) is 1.51. The Morgan fingerprint density at radius 3 is 2.79 bits per heavy atom. The van der Waals surface area contributed by atoms with Gasteiger partial charge in [0.1, 0.15) is 11.3 Å². The molecule has 0 aliphatic carbocycles. The van der Waals surface area contributed by atoms with Gasteiger partial charge in [-0.3, -0.25) is 0 Å². The van der Waals surface area contributed by atoms with Gasteiger partial charge >= 0.3 is 0 Å². The molecule has 14 heavy (non-hydrogen) atoms. The highest BCUT2D eigenvalue weighted by molar-refractivity contribution is 7.99. The average molecular weight is 208 g/mol. The molecule has 0 radical (unpaired) electrons. The van der Waals surface area contributed by atoms with E-state index in [1.165, 1.54) is 11.8 Å². The first-order valence-corrected chi connectivity index (χ1v) is 4.74. The Morgan fingerprint density at radius 2 is 2.14 bits per heavy atom. The molecular formula is C8H8N4OS. The van der Waals surface area contributed by atoms with Crippen molar-refractivity contribution in [1.29, 1.82) is 0 Å². The second-order valence-corrected chi connectivity index (χ2v) is 3.54. The topological polar surface area (TPSA) is 77.8 Å². The Bertz CT molecular complexity index is 442. The third-order valence-electron chi connectivity index (χ3n) is 1.47. The standard InChI is InChI=1S/C8H8N4OS/c1-5-4-13-8(12-5)14-7-6(9)10-2-3-11-7/h2-4H,1H3,(H2,9,10). The fourth-order valence-electron chi connectivity index (χ4n) is 0.877. The molecule has 6 heteroatoms.